The number of halogens is 3. The van der Waals surface area contributed by atoms with E-state index >= 15 is 0 Å². The van der Waals surface area contributed by atoms with Gasteiger partial charge in [-0.1, -0.05) is 11.6 Å². The molecular weight excluding hydrogens is 379 g/mol. The molecule has 0 saturated heterocycles. The van der Waals surface area contributed by atoms with Crippen molar-refractivity contribution in [2.75, 3.05) is 24.3 Å². The number of nitrogen functional groups attached to an aromatic ring is 1. The molecule has 0 radical (unpaired) electrons. The second-order valence-electron chi connectivity index (χ2n) is 3.64. The van der Waals surface area contributed by atoms with E-state index in [4.69, 9.17) is 17.3 Å². The van der Waals surface area contributed by atoms with Crippen molar-refractivity contribution in [3.63, 3.8) is 0 Å². The van der Waals surface area contributed by atoms with Gasteiger partial charge >= 0.3 is 0 Å². The second kappa shape index (κ2) is 7.12. The topological polar surface area (TPSA) is 72.2 Å². The van der Waals surface area contributed by atoms with Crippen LogP contribution in [-0.2, 0) is 10.0 Å². The molecule has 0 aliphatic heterocycles. The standard InChI is InChI=1S/C10H13BrClFN2O2S2/c1-18-4-2-3-15-19(16,17)7-5-6(12)8(11)10(14)9(7)13/h5,15H,2-4,14H2,1H3. The molecule has 0 unspecified atom stereocenters. The summed E-state index contributed by atoms with van der Waals surface area (Å²) in [6.45, 7) is 0.232. The first-order valence-electron chi connectivity index (χ1n) is 5.23. The van der Waals surface area contributed by atoms with Crippen molar-refractivity contribution < 1.29 is 12.8 Å². The van der Waals surface area contributed by atoms with Crippen LogP contribution >= 0.6 is 39.3 Å². The number of nitrogens with one attached hydrogen (secondary N) is 1. The van der Waals surface area contributed by atoms with Crippen LogP contribution < -0.4 is 10.5 Å². The Balaban J connectivity index is 3.02. The van der Waals surface area contributed by atoms with Crippen molar-refractivity contribution in [1.82, 2.24) is 4.72 Å². The molecule has 0 aliphatic carbocycles. The van der Waals surface area contributed by atoms with Crippen LogP contribution in [0.3, 0.4) is 0 Å². The van der Waals surface area contributed by atoms with Gasteiger partial charge in [0.15, 0.2) is 5.82 Å². The number of sulfonamides is 1. The molecule has 0 aliphatic rings. The predicted octanol–water partition coefficient (Wildman–Crippen LogP) is 2.86. The third-order valence-electron chi connectivity index (χ3n) is 2.26. The van der Waals surface area contributed by atoms with Gasteiger partial charge in [0.1, 0.15) is 4.90 Å². The smallest absolute Gasteiger partial charge is 0.243 e. The van der Waals surface area contributed by atoms with Crippen molar-refractivity contribution >= 4 is 55.0 Å². The lowest BCUT2D eigenvalue weighted by Crippen LogP contribution is -2.26. The van der Waals surface area contributed by atoms with Crippen LogP contribution in [0.5, 0.6) is 0 Å². The average molecular weight is 392 g/mol. The van der Waals surface area contributed by atoms with E-state index in [1.165, 1.54) is 0 Å². The van der Waals surface area contributed by atoms with Gasteiger partial charge in [0.2, 0.25) is 10.0 Å². The summed E-state index contributed by atoms with van der Waals surface area (Å²) in [4.78, 5) is -0.539. The van der Waals surface area contributed by atoms with E-state index in [1.54, 1.807) is 11.8 Å². The fourth-order valence-corrected chi connectivity index (χ4v) is 3.48. The third-order valence-corrected chi connectivity index (χ3v) is 5.80. The van der Waals surface area contributed by atoms with Gasteiger partial charge in [0, 0.05) is 6.54 Å². The Kier molecular flexibility index (Phi) is 6.38. The van der Waals surface area contributed by atoms with E-state index < -0.39 is 20.7 Å². The molecular formula is C10H13BrClFN2O2S2. The molecule has 1 aromatic carbocycles. The molecule has 0 heterocycles. The quantitative estimate of drug-likeness (QED) is 0.444. The average Bonchev–Trinajstić information content (AvgIpc) is 2.36. The van der Waals surface area contributed by atoms with E-state index in [1.807, 2.05) is 6.26 Å². The highest BCUT2D eigenvalue weighted by atomic mass is 79.9. The predicted molar refractivity (Wildman–Crippen MR) is 81.7 cm³/mol. The maximum atomic E-state index is 13.9. The number of hydrogen-bond acceptors (Lipinski definition) is 4. The maximum absolute atomic E-state index is 13.9. The van der Waals surface area contributed by atoms with E-state index in [0.717, 1.165) is 11.8 Å². The monoisotopic (exact) mass is 390 g/mol. The number of rotatable bonds is 6. The lowest BCUT2D eigenvalue weighted by atomic mass is 10.3. The molecule has 0 aromatic heterocycles. The SMILES string of the molecule is CSCCCNS(=O)(=O)c1cc(Cl)c(Br)c(N)c1F. The first-order valence-corrected chi connectivity index (χ1v) is 9.27. The largest absolute Gasteiger partial charge is 0.395 e. The van der Waals surface area contributed by atoms with Gasteiger partial charge in [-0.15, -0.1) is 0 Å². The summed E-state index contributed by atoms with van der Waals surface area (Å²) in [5.41, 5.74) is 5.13. The minimum Gasteiger partial charge on any atom is -0.395 e. The van der Waals surface area contributed by atoms with Crippen LogP contribution in [0.2, 0.25) is 5.02 Å². The number of hydrogen-bond donors (Lipinski definition) is 2. The van der Waals surface area contributed by atoms with E-state index in [2.05, 4.69) is 20.7 Å². The lowest BCUT2D eigenvalue weighted by Gasteiger charge is -2.11. The Bertz CT molecular complexity index is 569. The summed E-state index contributed by atoms with van der Waals surface area (Å²) >= 11 is 10.4. The summed E-state index contributed by atoms with van der Waals surface area (Å²) in [5, 5.41) is 0.0448. The number of nitrogens with two attached hydrogens (primary N) is 1. The maximum Gasteiger partial charge on any atom is 0.243 e. The molecule has 4 nitrogen and oxygen atoms in total. The highest BCUT2D eigenvalue weighted by molar-refractivity contribution is 9.10. The Hall–Kier alpha value is -0.0200. The summed E-state index contributed by atoms with van der Waals surface area (Å²) in [7, 11) is -3.95. The highest BCUT2D eigenvalue weighted by Crippen LogP contribution is 2.34. The van der Waals surface area contributed by atoms with Crippen molar-refractivity contribution in [2.45, 2.75) is 11.3 Å². The molecule has 0 atom stereocenters. The van der Waals surface area contributed by atoms with E-state index in [-0.39, 0.29) is 21.7 Å². The van der Waals surface area contributed by atoms with Gasteiger partial charge in [-0.3, -0.25) is 0 Å². The van der Waals surface area contributed by atoms with Crippen LogP contribution in [0.25, 0.3) is 0 Å². The zero-order valence-corrected chi connectivity index (χ0v) is 14.0. The van der Waals surface area contributed by atoms with E-state index in [0.29, 0.717) is 6.42 Å². The van der Waals surface area contributed by atoms with Crippen LogP contribution in [-0.4, -0.2) is 27.0 Å². The summed E-state index contributed by atoms with van der Waals surface area (Å²) in [6.07, 6.45) is 2.57. The molecule has 0 fully saturated rings. The van der Waals surface area contributed by atoms with Gasteiger partial charge in [-0.25, -0.2) is 17.5 Å². The van der Waals surface area contributed by atoms with Gasteiger partial charge in [0.05, 0.1) is 15.2 Å². The molecule has 19 heavy (non-hydrogen) atoms. The second-order valence-corrected chi connectivity index (χ2v) is 7.56. The van der Waals surface area contributed by atoms with Crippen LogP contribution in [0, 0.1) is 5.82 Å². The van der Waals surface area contributed by atoms with Crippen molar-refractivity contribution in [2.24, 2.45) is 0 Å². The Morgan fingerprint density at radius 1 is 1.58 bits per heavy atom. The first kappa shape index (κ1) is 17.0. The molecule has 0 spiro atoms. The van der Waals surface area contributed by atoms with Gasteiger partial charge in [0.25, 0.3) is 0 Å². The molecule has 0 amide bonds. The minimum atomic E-state index is -3.95. The summed E-state index contributed by atoms with van der Waals surface area (Å²) < 4.78 is 40.2. The van der Waals surface area contributed by atoms with Gasteiger partial charge < -0.3 is 5.73 Å². The summed E-state index contributed by atoms with van der Waals surface area (Å²) in [6, 6.07) is 1.04. The molecule has 1 aromatic rings. The number of benzene rings is 1. The van der Waals surface area contributed by atoms with Crippen LogP contribution in [0.4, 0.5) is 10.1 Å². The zero-order chi connectivity index (χ0) is 14.6. The molecule has 0 bridgehead atoms. The molecule has 9 heteroatoms. The third kappa shape index (κ3) is 4.22. The first-order chi connectivity index (χ1) is 8.81. The van der Waals surface area contributed by atoms with E-state index in [9.17, 15) is 12.8 Å². The Morgan fingerprint density at radius 3 is 2.79 bits per heavy atom. The Labute approximate surface area is 129 Å². The number of thioether (sulfide) groups is 1. The minimum absolute atomic E-state index is 0.0448. The fraction of sp³-hybridized carbons (Fsp3) is 0.400. The lowest BCUT2D eigenvalue weighted by molar-refractivity contribution is 0.558. The van der Waals surface area contributed by atoms with Crippen molar-refractivity contribution in [1.29, 1.82) is 0 Å². The van der Waals surface area contributed by atoms with Gasteiger partial charge in [-0.05, 0) is 40.4 Å². The summed E-state index contributed by atoms with van der Waals surface area (Å²) in [5.74, 6) is -0.192. The highest BCUT2D eigenvalue weighted by Gasteiger charge is 2.23. The molecule has 108 valence electrons. The fourth-order valence-electron chi connectivity index (χ4n) is 1.30. The van der Waals surface area contributed by atoms with Gasteiger partial charge in [-0.2, -0.15) is 11.8 Å². The van der Waals surface area contributed by atoms with Crippen LogP contribution in [0.15, 0.2) is 15.4 Å². The number of anilines is 1. The zero-order valence-electron chi connectivity index (χ0n) is 10.0. The molecule has 0 saturated carbocycles. The molecule has 3 N–H and O–H groups in total. The Morgan fingerprint density at radius 2 is 2.21 bits per heavy atom. The molecule has 1 rings (SSSR count). The van der Waals surface area contributed by atoms with Crippen molar-refractivity contribution in [3.05, 3.63) is 21.4 Å². The normalized spacial score (nSPS) is 11.8. The van der Waals surface area contributed by atoms with Crippen molar-refractivity contribution in [3.8, 4) is 0 Å². The van der Waals surface area contributed by atoms with Crippen LogP contribution in [0.1, 0.15) is 6.42 Å².